The Kier molecular flexibility index (Phi) is 9.02. The van der Waals surface area contributed by atoms with Crippen molar-refractivity contribution < 1.29 is 0 Å². The molecule has 0 saturated carbocycles. The summed E-state index contributed by atoms with van der Waals surface area (Å²) < 4.78 is 0. The number of rotatable bonds is 8. The van der Waals surface area contributed by atoms with Crippen molar-refractivity contribution in [3.8, 4) is 0 Å². The van der Waals surface area contributed by atoms with Gasteiger partial charge < -0.3 is 5.32 Å². The van der Waals surface area contributed by atoms with Gasteiger partial charge in [0.05, 0.1) is 0 Å². The van der Waals surface area contributed by atoms with Crippen molar-refractivity contribution in [1.29, 1.82) is 0 Å². The molecular weight excluding hydrogens is 146 g/mol. The van der Waals surface area contributed by atoms with Gasteiger partial charge in [-0.1, -0.05) is 39.5 Å². The zero-order valence-electron chi connectivity index (χ0n) is 9.03. The molecule has 1 N–H and O–H groups in total. The van der Waals surface area contributed by atoms with Crippen LogP contribution < -0.4 is 5.32 Å². The van der Waals surface area contributed by atoms with Crippen LogP contribution in [0.15, 0.2) is 0 Å². The number of hydrogen-bond donors (Lipinski definition) is 1. The molecule has 1 atom stereocenters. The summed E-state index contributed by atoms with van der Waals surface area (Å²) in [5, 5.41) is 3.54. The summed E-state index contributed by atoms with van der Waals surface area (Å²) >= 11 is 0. The minimum Gasteiger partial charge on any atom is -0.314 e. The number of nitrogens with one attached hydrogen (secondary N) is 1. The third-order valence-corrected chi connectivity index (χ3v) is 2.24. The van der Waals surface area contributed by atoms with Crippen LogP contribution in [0.4, 0.5) is 0 Å². The predicted molar refractivity (Wildman–Crippen MR) is 56.5 cm³/mol. The molecule has 0 aliphatic carbocycles. The second kappa shape index (κ2) is 9.05. The smallest absolute Gasteiger partial charge is 0.00386 e. The molecule has 0 saturated heterocycles. The van der Waals surface area contributed by atoms with E-state index in [0.717, 1.165) is 6.04 Å². The van der Waals surface area contributed by atoms with E-state index in [1.54, 1.807) is 0 Å². The second-order valence-electron chi connectivity index (χ2n) is 3.70. The fourth-order valence-corrected chi connectivity index (χ4v) is 1.44. The van der Waals surface area contributed by atoms with Crippen molar-refractivity contribution in [3.63, 3.8) is 0 Å². The normalized spacial score (nSPS) is 13.2. The highest BCUT2D eigenvalue weighted by atomic mass is 14.9. The van der Waals surface area contributed by atoms with Gasteiger partial charge in [0, 0.05) is 6.04 Å². The first kappa shape index (κ1) is 12.0. The molecule has 0 bridgehead atoms. The molecule has 1 unspecified atom stereocenters. The lowest BCUT2D eigenvalue weighted by atomic mass is 10.1. The molecule has 12 heavy (non-hydrogen) atoms. The Balaban J connectivity index is 2.97. The molecule has 0 aromatic carbocycles. The van der Waals surface area contributed by atoms with Crippen molar-refractivity contribution in [2.24, 2.45) is 0 Å². The highest BCUT2D eigenvalue weighted by Gasteiger charge is 1.97. The van der Waals surface area contributed by atoms with Crippen LogP contribution in [0, 0.1) is 0 Å². The molecule has 0 heterocycles. The minimum atomic E-state index is 0.719. The molecule has 0 aliphatic rings. The summed E-state index contributed by atoms with van der Waals surface area (Å²) in [6.07, 6.45) is 8.08. The maximum absolute atomic E-state index is 3.54. The predicted octanol–water partition coefficient (Wildman–Crippen LogP) is 3.34. The van der Waals surface area contributed by atoms with Crippen molar-refractivity contribution in [2.75, 3.05) is 6.54 Å². The van der Waals surface area contributed by atoms with Gasteiger partial charge in [0.2, 0.25) is 0 Å². The molecule has 0 spiro atoms. The van der Waals surface area contributed by atoms with Crippen LogP contribution >= 0.6 is 0 Å². The average Bonchev–Trinajstić information content (AvgIpc) is 2.05. The van der Waals surface area contributed by atoms with Crippen molar-refractivity contribution in [1.82, 2.24) is 5.32 Å². The monoisotopic (exact) mass is 171 g/mol. The van der Waals surface area contributed by atoms with E-state index in [2.05, 4.69) is 26.1 Å². The molecule has 0 aromatic rings. The molecule has 0 aliphatic heterocycles. The van der Waals surface area contributed by atoms with Gasteiger partial charge in [0.15, 0.2) is 0 Å². The lowest BCUT2D eigenvalue weighted by molar-refractivity contribution is 0.491. The SMILES string of the molecule is CCCCCCNC(C)CCC. The fraction of sp³-hybridized carbons (Fsp3) is 1.00. The van der Waals surface area contributed by atoms with E-state index >= 15 is 0 Å². The Bertz CT molecular complexity index is 81.1. The lowest BCUT2D eigenvalue weighted by Crippen LogP contribution is -2.26. The van der Waals surface area contributed by atoms with Gasteiger partial charge in [0.1, 0.15) is 0 Å². The molecule has 0 rings (SSSR count). The van der Waals surface area contributed by atoms with Crippen LogP contribution in [0.3, 0.4) is 0 Å². The highest BCUT2D eigenvalue weighted by Crippen LogP contribution is 1.99. The van der Waals surface area contributed by atoms with E-state index in [4.69, 9.17) is 0 Å². The van der Waals surface area contributed by atoms with Crippen LogP contribution in [0.25, 0.3) is 0 Å². The molecule has 1 heteroatoms. The first-order valence-corrected chi connectivity index (χ1v) is 5.54. The molecule has 0 fully saturated rings. The van der Waals surface area contributed by atoms with Crippen LogP contribution in [0.5, 0.6) is 0 Å². The van der Waals surface area contributed by atoms with E-state index in [1.807, 2.05) is 0 Å². The van der Waals surface area contributed by atoms with Gasteiger partial charge in [0.25, 0.3) is 0 Å². The Labute approximate surface area is 77.9 Å². The van der Waals surface area contributed by atoms with E-state index in [1.165, 1.54) is 45.1 Å². The van der Waals surface area contributed by atoms with Crippen LogP contribution in [-0.2, 0) is 0 Å². The summed E-state index contributed by atoms with van der Waals surface area (Å²) in [5.74, 6) is 0. The lowest BCUT2D eigenvalue weighted by Gasteiger charge is -2.11. The maximum atomic E-state index is 3.54. The van der Waals surface area contributed by atoms with E-state index in [0.29, 0.717) is 0 Å². The highest BCUT2D eigenvalue weighted by molar-refractivity contribution is 4.58. The van der Waals surface area contributed by atoms with Crippen molar-refractivity contribution >= 4 is 0 Å². The van der Waals surface area contributed by atoms with Gasteiger partial charge in [-0.25, -0.2) is 0 Å². The Hall–Kier alpha value is -0.0400. The fourth-order valence-electron chi connectivity index (χ4n) is 1.44. The summed E-state index contributed by atoms with van der Waals surface area (Å²) in [5.41, 5.74) is 0. The Morgan fingerprint density at radius 1 is 1.00 bits per heavy atom. The van der Waals surface area contributed by atoms with Crippen LogP contribution in [0.2, 0.25) is 0 Å². The Morgan fingerprint density at radius 3 is 2.33 bits per heavy atom. The zero-order valence-corrected chi connectivity index (χ0v) is 9.03. The maximum Gasteiger partial charge on any atom is 0.00386 e. The number of hydrogen-bond acceptors (Lipinski definition) is 1. The van der Waals surface area contributed by atoms with Gasteiger partial charge in [-0.3, -0.25) is 0 Å². The average molecular weight is 171 g/mol. The molecular formula is C11H25N. The first-order chi connectivity index (χ1) is 5.81. The number of unbranched alkanes of at least 4 members (excludes halogenated alkanes) is 3. The molecule has 1 nitrogen and oxygen atoms in total. The minimum absolute atomic E-state index is 0.719. The van der Waals surface area contributed by atoms with Gasteiger partial charge in [-0.05, 0) is 26.3 Å². The van der Waals surface area contributed by atoms with Gasteiger partial charge in [-0.15, -0.1) is 0 Å². The Morgan fingerprint density at radius 2 is 1.75 bits per heavy atom. The van der Waals surface area contributed by atoms with E-state index in [-0.39, 0.29) is 0 Å². The summed E-state index contributed by atoms with van der Waals surface area (Å²) in [6.45, 7) is 7.99. The summed E-state index contributed by atoms with van der Waals surface area (Å²) in [6, 6.07) is 0.719. The third kappa shape index (κ3) is 8.06. The largest absolute Gasteiger partial charge is 0.314 e. The van der Waals surface area contributed by atoms with E-state index in [9.17, 15) is 0 Å². The second-order valence-corrected chi connectivity index (χ2v) is 3.70. The molecule has 0 radical (unpaired) electrons. The molecule has 74 valence electrons. The topological polar surface area (TPSA) is 12.0 Å². The van der Waals surface area contributed by atoms with Crippen LogP contribution in [0.1, 0.15) is 59.3 Å². The molecule has 0 aromatic heterocycles. The molecule has 0 amide bonds. The van der Waals surface area contributed by atoms with Crippen molar-refractivity contribution in [2.45, 2.75) is 65.3 Å². The van der Waals surface area contributed by atoms with E-state index < -0.39 is 0 Å². The third-order valence-electron chi connectivity index (χ3n) is 2.24. The summed E-state index contributed by atoms with van der Waals surface area (Å²) in [4.78, 5) is 0. The van der Waals surface area contributed by atoms with Gasteiger partial charge >= 0.3 is 0 Å². The van der Waals surface area contributed by atoms with Crippen LogP contribution in [-0.4, -0.2) is 12.6 Å². The van der Waals surface area contributed by atoms with Crippen molar-refractivity contribution in [3.05, 3.63) is 0 Å². The zero-order chi connectivity index (χ0) is 9.23. The summed E-state index contributed by atoms with van der Waals surface area (Å²) in [7, 11) is 0. The first-order valence-electron chi connectivity index (χ1n) is 5.54. The standard InChI is InChI=1S/C11H25N/c1-4-6-7-8-10-12-11(3)9-5-2/h11-12H,4-10H2,1-3H3. The van der Waals surface area contributed by atoms with Gasteiger partial charge in [-0.2, -0.15) is 0 Å². The quantitative estimate of drug-likeness (QED) is 0.552.